The third-order valence-electron chi connectivity index (χ3n) is 4.60. The predicted molar refractivity (Wildman–Crippen MR) is 75.3 cm³/mol. The van der Waals surface area contributed by atoms with Crippen molar-refractivity contribution >= 4 is 5.91 Å². The first kappa shape index (κ1) is 13.6. The highest BCUT2D eigenvalue weighted by atomic mass is 16.3. The van der Waals surface area contributed by atoms with E-state index in [-0.39, 0.29) is 18.4 Å². The zero-order valence-electron chi connectivity index (χ0n) is 11.9. The number of aryl methyl sites for hydroxylation is 1. The van der Waals surface area contributed by atoms with Crippen molar-refractivity contribution in [2.75, 3.05) is 13.2 Å². The molecule has 5 heteroatoms. The lowest BCUT2D eigenvalue weighted by molar-refractivity contribution is -0.134. The molecule has 1 N–H and O–H groups in total. The van der Waals surface area contributed by atoms with Crippen LogP contribution in [0.4, 0.5) is 0 Å². The van der Waals surface area contributed by atoms with Crippen LogP contribution in [-0.2, 0) is 11.3 Å². The molecule has 0 spiro atoms. The maximum Gasteiger partial charge on any atom is 0.233 e. The molecule has 0 aromatic carbocycles. The van der Waals surface area contributed by atoms with Crippen LogP contribution in [-0.4, -0.2) is 44.7 Å². The summed E-state index contributed by atoms with van der Waals surface area (Å²) >= 11 is 0. The van der Waals surface area contributed by atoms with Gasteiger partial charge in [-0.1, -0.05) is 0 Å². The number of carbonyl (C=O) groups is 1. The van der Waals surface area contributed by atoms with E-state index in [1.54, 1.807) is 6.20 Å². The molecule has 20 heavy (non-hydrogen) atoms. The first-order valence-corrected chi connectivity index (χ1v) is 7.73. The number of amides is 1. The first-order valence-electron chi connectivity index (χ1n) is 7.73. The van der Waals surface area contributed by atoms with Gasteiger partial charge < -0.3 is 14.6 Å². The van der Waals surface area contributed by atoms with E-state index in [0.29, 0.717) is 6.04 Å². The van der Waals surface area contributed by atoms with Crippen molar-refractivity contribution in [3.05, 3.63) is 18.2 Å². The highest BCUT2D eigenvalue weighted by molar-refractivity contribution is 5.83. The monoisotopic (exact) mass is 277 g/mol. The minimum Gasteiger partial charge on any atom is -0.396 e. The number of nitrogens with zero attached hydrogens (tertiary/aromatic N) is 3. The fourth-order valence-electron chi connectivity index (χ4n) is 3.60. The molecule has 0 saturated carbocycles. The minimum absolute atomic E-state index is 0.0616. The summed E-state index contributed by atoms with van der Waals surface area (Å²) in [6.07, 6.45) is 9.61. The van der Waals surface area contributed by atoms with E-state index in [9.17, 15) is 4.79 Å². The third kappa shape index (κ3) is 2.46. The summed E-state index contributed by atoms with van der Waals surface area (Å²) in [6, 6.07) is 0.319. The van der Waals surface area contributed by atoms with Gasteiger partial charge in [0.1, 0.15) is 5.82 Å². The Bertz CT molecular complexity index is 471. The van der Waals surface area contributed by atoms with Gasteiger partial charge in [0.05, 0.1) is 5.92 Å². The predicted octanol–water partition coefficient (Wildman–Crippen LogP) is 1.52. The number of likely N-dealkylation sites (tertiary alicyclic amines) is 1. The normalized spacial score (nSPS) is 25.8. The van der Waals surface area contributed by atoms with Crippen LogP contribution in [0.5, 0.6) is 0 Å². The number of hydrogen-bond donors (Lipinski definition) is 1. The lowest BCUT2D eigenvalue weighted by atomic mass is 9.96. The molecule has 5 nitrogen and oxygen atoms in total. The zero-order chi connectivity index (χ0) is 13.9. The van der Waals surface area contributed by atoms with Crippen molar-refractivity contribution in [1.29, 1.82) is 0 Å². The average Bonchev–Trinajstić information content (AvgIpc) is 3.12. The molecular weight excluding hydrogens is 254 g/mol. The molecule has 3 heterocycles. The maximum absolute atomic E-state index is 12.8. The number of aromatic nitrogens is 2. The lowest BCUT2D eigenvalue weighted by Crippen LogP contribution is -2.40. The quantitative estimate of drug-likeness (QED) is 0.908. The average molecular weight is 277 g/mol. The number of fused-ring (bicyclic) bond motifs is 1. The van der Waals surface area contributed by atoms with Gasteiger partial charge in [-0.2, -0.15) is 0 Å². The highest BCUT2D eigenvalue weighted by Crippen LogP contribution is 2.31. The van der Waals surface area contributed by atoms with Crippen molar-refractivity contribution in [3.63, 3.8) is 0 Å². The van der Waals surface area contributed by atoms with E-state index < -0.39 is 0 Å². The number of rotatable bonds is 4. The molecule has 0 bridgehead atoms. The van der Waals surface area contributed by atoms with Crippen molar-refractivity contribution in [1.82, 2.24) is 14.5 Å². The minimum atomic E-state index is -0.0616. The smallest absolute Gasteiger partial charge is 0.233 e. The molecule has 1 fully saturated rings. The molecule has 1 aromatic rings. The summed E-state index contributed by atoms with van der Waals surface area (Å²) in [5.74, 6) is 1.13. The Labute approximate surface area is 119 Å². The van der Waals surface area contributed by atoms with Crippen LogP contribution in [0.3, 0.4) is 0 Å². The largest absolute Gasteiger partial charge is 0.396 e. The lowest BCUT2D eigenvalue weighted by Gasteiger charge is -2.30. The molecule has 0 radical (unpaired) electrons. The van der Waals surface area contributed by atoms with Crippen LogP contribution >= 0.6 is 0 Å². The fourth-order valence-corrected chi connectivity index (χ4v) is 3.60. The Morgan fingerprint density at radius 2 is 2.20 bits per heavy atom. The number of imidazole rings is 1. The number of aliphatic hydroxyl groups excluding tert-OH is 1. The third-order valence-corrected chi connectivity index (χ3v) is 4.60. The Hall–Kier alpha value is -1.36. The van der Waals surface area contributed by atoms with E-state index in [0.717, 1.165) is 57.4 Å². The topological polar surface area (TPSA) is 58.4 Å². The summed E-state index contributed by atoms with van der Waals surface area (Å²) in [4.78, 5) is 19.3. The standard InChI is InChI=1S/C15H23N3O2/c19-11-3-5-12-4-1-9-18(12)15(20)13-6-2-8-17-10-7-16-14(13)17/h7,10,12-13,19H,1-6,8-9,11H2. The van der Waals surface area contributed by atoms with Crippen molar-refractivity contribution < 1.29 is 9.90 Å². The summed E-state index contributed by atoms with van der Waals surface area (Å²) in [5.41, 5.74) is 0. The van der Waals surface area contributed by atoms with E-state index in [4.69, 9.17) is 5.11 Å². The molecule has 2 atom stereocenters. The summed E-state index contributed by atoms with van der Waals surface area (Å²) < 4.78 is 2.12. The van der Waals surface area contributed by atoms with E-state index in [1.807, 2.05) is 11.1 Å². The van der Waals surface area contributed by atoms with Crippen LogP contribution in [0.1, 0.15) is 50.3 Å². The summed E-state index contributed by atoms with van der Waals surface area (Å²) in [5, 5.41) is 8.99. The molecule has 2 aliphatic rings. The van der Waals surface area contributed by atoms with E-state index >= 15 is 0 Å². The molecule has 0 aliphatic carbocycles. The molecule has 1 amide bonds. The SMILES string of the molecule is O=C(C1CCCn2ccnc21)N1CCCC1CCCO. The van der Waals surface area contributed by atoms with Crippen molar-refractivity contribution in [2.24, 2.45) is 0 Å². The first-order chi connectivity index (χ1) is 9.81. The van der Waals surface area contributed by atoms with Crippen LogP contribution in [0.25, 0.3) is 0 Å². The van der Waals surface area contributed by atoms with Gasteiger partial charge in [-0.15, -0.1) is 0 Å². The molecule has 1 aromatic heterocycles. The molecule has 1 saturated heterocycles. The van der Waals surface area contributed by atoms with Crippen LogP contribution < -0.4 is 0 Å². The molecule has 2 unspecified atom stereocenters. The second-order valence-electron chi connectivity index (χ2n) is 5.87. The van der Waals surface area contributed by atoms with Gasteiger partial charge in [-0.05, 0) is 38.5 Å². The zero-order valence-corrected chi connectivity index (χ0v) is 11.9. The maximum atomic E-state index is 12.8. The molecule has 3 rings (SSSR count). The molecular formula is C15H23N3O2. The Kier molecular flexibility index (Phi) is 4.05. The number of carbonyl (C=O) groups excluding carboxylic acids is 1. The molecule has 2 aliphatic heterocycles. The van der Waals surface area contributed by atoms with Crippen LogP contribution in [0.2, 0.25) is 0 Å². The Morgan fingerprint density at radius 3 is 3.05 bits per heavy atom. The summed E-state index contributed by atoms with van der Waals surface area (Å²) in [6.45, 7) is 2.06. The second-order valence-corrected chi connectivity index (χ2v) is 5.87. The number of hydrogen-bond acceptors (Lipinski definition) is 3. The van der Waals surface area contributed by atoms with Crippen LogP contribution in [0.15, 0.2) is 12.4 Å². The second kappa shape index (κ2) is 5.95. The molecule has 110 valence electrons. The number of aliphatic hydroxyl groups is 1. The van der Waals surface area contributed by atoms with Gasteiger partial charge in [0.15, 0.2) is 0 Å². The van der Waals surface area contributed by atoms with Gasteiger partial charge in [-0.25, -0.2) is 4.98 Å². The van der Waals surface area contributed by atoms with Crippen molar-refractivity contribution in [3.8, 4) is 0 Å². The van der Waals surface area contributed by atoms with Gasteiger partial charge in [0.25, 0.3) is 0 Å². The van der Waals surface area contributed by atoms with E-state index in [2.05, 4.69) is 9.55 Å². The van der Waals surface area contributed by atoms with Gasteiger partial charge in [-0.3, -0.25) is 4.79 Å². The van der Waals surface area contributed by atoms with E-state index in [1.165, 1.54) is 0 Å². The Morgan fingerprint density at radius 1 is 1.35 bits per heavy atom. The Balaban J connectivity index is 1.73. The fraction of sp³-hybridized carbons (Fsp3) is 0.733. The van der Waals surface area contributed by atoms with Gasteiger partial charge in [0.2, 0.25) is 5.91 Å². The highest BCUT2D eigenvalue weighted by Gasteiger charge is 2.36. The van der Waals surface area contributed by atoms with Gasteiger partial charge in [0, 0.05) is 38.1 Å². The summed E-state index contributed by atoms with van der Waals surface area (Å²) in [7, 11) is 0. The van der Waals surface area contributed by atoms with Gasteiger partial charge >= 0.3 is 0 Å². The van der Waals surface area contributed by atoms with Crippen LogP contribution in [0, 0.1) is 0 Å². The van der Waals surface area contributed by atoms with Crippen molar-refractivity contribution in [2.45, 2.75) is 57.0 Å².